The van der Waals surface area contributed by atoms with Crippen LogP contribution in [0.1, 0.15) is 16.7 Å². The highest BCUT2D eigenvalue weighted by molar-refractivity contribution is 7.87. The van der Waals surface area contributed by atoms with Crippen LogP contribution in [0.3, 0.4) is 0 Å². The lowest BCUT2D eigenvalue weighted by atomic mass is 10.1. The van der Waals surface area contributed by atoms with Gasteiger partial charge in [0.25, 0.3) is 10.2 Å². The van der Waals surface area contributed by atoms with E-state index in [0.29, 0.717) is 6.61 Å². The Labute approximate surface area is 113 Å². The highest BCUT2D eigenvalue weighted by atomic mass is 32.2. The fraction of sp³-hybridized carbons (Fsp3) is 0.500. The number of benzene rings is 1. The summed E-state index contributed by atoms with van der Waals surface area (Å²) in [5.74, 6) is 0. The second-order valence-corrected chi connectivity index (χ2v) is 6.00. The summed E-state index contributed by atoms with van der Waals surface area (Å²) in [4.78, 5) is 0. The van der Waals surface area contributed by atoms with Crippen molar-refractivity contribution in [3.63, 3.8) is 0 Å². The first-order valence-electron chi connectivity index (χ1n) is 6.15. The van der Waals surface area contributed by atoms with Crippen molar-refractivity contribution >= 4 is 10.2 Å². The third-order valence-corrected chi connectivity index (χ3v) is 4.07. The molecule has 1 heterocycles. The molecule has 0 radical (unpaired) electrons. The molecular weight excluding hydrogens is 266 g/mol. The zero-order valence-electron chi connectivity index (χ0n) is 10.9. The number of methoxy groups -OCH3 is 1. The molecule has 0 spiro atoms. The minimum absolute atomic E-state index is 0.264. The van der Waals surface area contributed by atoms with E-state index >= 15 is 0 Å². The van der Waals surface area contributed by atoms with Crippen LogP contribution in [0.4, 0.5) is 0 Å². The average molecular weight is 285 g/mol. The van der Waals surface area contributed by atoms with E-state index in [4.69, 9.17) is 4.74 Å². The van der Waals surface area contributed by atoms with Gasteiger partial charge in [-0.1, -0.05) is 18.2 Å². The quantitative estimate of drug-likeness (QED) is 0.609. The first-order valence-corrected chi connectivity index (χ1v) is 7.63. The summed E-state index contributed by atoms with van der Waals surface area (Å²) < 4.78 is 33.0. The summed E-state index contributed by atoms with van der Waals surface area (Å²) in [6.45, 7) is 2.64. The minimum Gasteiger partial charge on any atom is -0.383 e. The number of hydrogen-bond acceptors (Lipinski definition) is 4. The average Bonchev–Trinajstić information content (AvgIpc) is 2.84. The lowest BCUT2D eigenvalue weighted by molar-refractivity contribution is 0.204. The highest BCUT2D eigenvalue weighted by Gasteiger charge is 2.12. The molecule has 0 amide bonds. The number of ether oxygens (including phenoxy) is 1. The predicted octanol–water partition coefficient (Wildman–Crippen LogP) is -0.140. The molecule has 0 bridgehead atoms. The zero-order valence-corrected chi connectivity index (χ0v) is 11.7. The lowest BCUT2D eigenvalue weighted by Crippen LogP contribution is -2.37. The van der Waals surface area contributed by atoms with E-state index in [1.807, 2.05) is 18.2 Å². The lowest BCUT2D eigenvalue weighted by Gasteiger charge is -2.09. The van der Waals surface area contributed by atoms with Gasteiger partial charge in [0.2, 0.25) is 0 Å². The molecular formula is C12H19N3O3S. The summed E-state index contributed by atoms with van der Waals surface area (Å²) in [5.41, 5.74) is 3.48. The Kier molecular flexibility index (Phi) is 4.89. The Morgan fingerprint density at radius 2 is 2.05 bits per heavy atom. The first-order chi connectivity index (χ1) is 9.11. The van der Waals surface area contributed by atoms with Crippen LogP contribution in [0.5, 0.6) is 0 Å². The van der Waals surface area contributed by atoms with E-state index in [1.165, 1.54) is 18.2 Å². The molecule has 3 N–H and O–H groups in total. The summed E-state index contributed by atoms with van der Waals surface area (Å²) in [6, 6.07) is 6.02. The molecule has 0 saturated heterocycles. The largest absolute Gasteiger partial charge is 0.383 e. The smallest absolute Gasteiger partial charge is 0.277 e. The van der Waals surface area contributed by atoms with E-state index in [9.17, 15) is 8.42 Å². The zero-order chi connectivity index (χ0) is 13.7. The van der Waals surface area contributed by atoms with Crippen molar-refractivity contribution in [3.8, 4) is 0 Å². The Bertz CT molecular complexity index is 531. The maximum atomic E-state index is 11.6. The van der Waals surface area contributed by atoms with Gasteiger partial charge in [-0.25, -0.2) is 0 Å². The summed E-state index contributed by atoms with van der Waals surface area (Å²) in [5, 5.41) is 3.26. The molecule has 1 aliphatic heterocycles. The molecule has 0 saturated carbocycles. The Balaban J connectivity index is 1.88. The van der Waals surface area contributed by atoms with Gasteiger partial charge in [-0.3, -0.25) is 0 Å². The molecule has 7 heteroatoms. The van der Waals surface area contributed by atoms with Gasteiger partial charge in [0.15, 0.2) is 0 Å². The molecule has 0 aliphatic carbocycles. The van der Waals surface area contributed by atoms with Crippen LogP contribution < -0.4 is 14.8 Å². The van der Waals surface area contributed by atoms with Crippen LogP contribution in [-0.4, -0.2) is 28.7 Å². The molecule has 1 aromatic carbocycles. The third-order valence-electron chi connectivity index (χ3n) is 2.97. The second kappa shape index (κ2) is 6.44. The normalized spacial score (nSPS) is 14.6. The van der Waals surface area contributed by atoms with Crippen molar-refractivity contribution in [2.24, 2.45) is 0 Å². The van der Waals surface area contributed by atoms with Gasteiger partial charge in [-0.15, -0.1) is 0 Å². The van der Waals surface area contributed by atoms with Crippen molar-refractivity contribution in [2.75, 3.05) is 20.3 Å². The summed E-state index contributed by atoms with van der Waals surface area (Å²) in [7, 11) is -1.93. The number of hydrogen-bond donors (Lipinski definition) is 3. The van der Waals surface area contributed by atoms with Gasteiger partial charge in [-0.2, -0.15) is 17.9 Å². The second-order valence-electron chi connectivity index (χ2n) is 4.42. The summed E-state index contributed by atoms with van der Waals surface area (Å²) >= 11 is 0. The van der Waals surface area contributed by atoms with Crippen LogP contribution in [0, 0.1) is 0 Å². The fourth-order valence-corrected chi connectivity index (χ4v) is 2.78. The Morgan fingerprint density at radius 1 is 1.26 bits per heavy atom. The van der Waals surface area contributed by atoms with Crippen LogP contribution in [-0.2, 0) is 34.6 Å². The van der Waals surface area contributed by atoms with E-state index in [0.717, 1.165) is 18.7 Å². The number of fused-ring (bicyclic) bond motifs is 1. The van der Waals surface area contributed by atoms with Gasteiger partial charge in [-0.05, 0) is 16.7 Å². The number of nitrogens with one attached hydrogen (secondary N) is 3. The fourth-order valence-electron chi connectivity index (χ4n) is 1.97. The van der Waals surface area contributed by atoms with Crippen molar-refractivity contribution < 1.29 is 13.2 Å². The molecule has 19 heavy (non-hydrogen) atoms. The van der Waals surface area contributed by atoms with E-state index in [-0.39, 0.29) is 13.1 Å². The SMILES string of the molecule is COCCNS(=O)(=O)NCc1ccc2c(c1)CNC2. The highest BCUT2D eigenvalue weighted by Crippen LogP contribution is 2.16. The van der Waals surface area contributed by atoms with Crippen LogP contribution in [0.25, 0.3) is 0 Å². The molecule has 0 atom stereocenters. The molecule has 106 valence electrons. The van der Waals surface area contributed by atoms with E-state index in [2.05, 4.69) is 14.8 Å². The van der Waals surface area contributed by atoms with E-state index in [1.54, 1.807) is 0 Å². The molecule has 6 nitrogen and oxygen atoms in total. The van der Waals surface area contributed by atoms with Gasteiger partial charge in [0, 0.05) is 33.3 Å². The molecule has 1 aliphatic rings. The maximum Gasteiger partial charge on any atom is 0.277 e. The number of rotatable bonds is 7. The summed E-state index contributed by atoms with van der Waals surface area (Å²) in [6.07, 6.45) is 0. The molecule has 0 unspecified atom stereocenters. The molecule has 0 fully saturated rings. The van der Waals surface area contributed by atoms with Crippen molar-refractivity contribution in [1.82, 2.24) is 14.8 Å². The van der Waals surface area contributed by atoms with Gasteiger partial charge >= 0.3 is 0 Å². The first kappa shape index (κ1) is 14.4. The Morgan fingerprint density at radius 3 is 2.84 bits per heavy atom. The predicted molar refractivity (Wildman–Crippen MR) is 72.6 cm³/mol. The monoisotopic (exact) mass is 285 g/mol. The van der Waals surface area contributed by atoms with Crippen molar-refractivity contribution in [2.45, 2.75) is 19.6 Å². The standard InChI is InChI=1S/C12H19N3O3S/c1-18-5-4-14-19(16,17)15-7-10-2-3-11-8-13-9-12(11)6-10/h2-3,6,13-15H,4-5,7-9H2,1H3. The van der Waals surface area contributed by atoms with Gasteiger partial charge in [0.1, 0.15) is 0 Å². The minimum atomic E-state index is -3.46. The third kappa shape index (κ3) is 4.26. The molecule has 0 aromatic heterocycles. The van der Waals surface area contributed by atoms with Crippen molar-refractivity contribution in [3.05, 3.63) is 34.9 Å². The van der Waals surface area contributed by atoms with Crippen LogP contribution in [0.2, 0.25) is 0 Å². The Hall–Kier alpha value is -0.990. The van der Waals surface area contributed by atoms with Gasteiger partial charge < -0.3 is 10.1 Å². The van der Waals surface area contributed by atoms with Crippen LogP contribution >= 0.6 is 0 Å². The van der Waals surface area contributed by atoms with Crippen LogP contribution in [0.15, 0.2) is 18.2 Å². The topological polar surface area (TPSA) is 79.5 Å². The molecule has 2 rings (SSSR count). The van der Waals surface area contributed by atoms with E-state index < -0.39 is 10.2 Å². The van der Waals surface area contributed by atoms with Crippen molar-refractivity contribution in [1.29, 1.82) is 0 Å². The maximum absolute atomic E-state index is 11.6. The van der Waals surface area contributed by atoms with Gasteiger partial charge in [0.05, 0.1) is 6.61 Å². The molecule has 1 aromatic rings.